The van der Waals surface area contributed by atoms with Gasteiger partial charge in [-0.25, -0.2) is 4.98 Å². The van der Waals surface area contributed by atoms with Gasteiger partial charge in [-0.05, 0) is 18.1 Å². The molecule has 78 valence electrons. The van der Waals surface area contributed by atoms with Crippen LogP contribution < -0.4 is 0 Å². The van der Waals surface area contributed by atoms with Crippen LogP contribution in [-0.4, -0.2) is 4.98 Å². The van der Waals surface area contributed by atoms with Gasteiger partial charge in [0, 0.05) is 0 Å². The van der Waals surface area contributed by atoms with E-state index in [9.17, 15) is 13.2 Å². The number of pyridine rings is 1. The zero-order chi connectivity index (χ0) is 10.9. The number of alkyl halides is 3. The van der Waals surface area contributed by atoms with Crippen LogP contribution in [0.1, 0.15) is 18.1 Å². The first kappa shape index (κ1) is 11.6. The van der Waals surface area contributed by atoms with Gasteiger partial charge in [0.25, 0.3) is 0 Å². The van der Waals surface area contributed by atoms with E-state index in [1.54, 1.807) is 6.92 Å². The Morgan fingerprint density at radius 1 is 1.29 bits per heavy atom. The fourth-order valence-electron chi connectivity index (χ4n) is 0.958. The SMILES string of the molecule is CCc1cc(C(F)(F)F)c(Cl)nc1Cl. The van der Waals surface area contributed by atoms with Gasteiger partial charge >= 0.3 is 6.18 Å². The van der Waals surface area contributed by atoms with Gasteiger partial charge in [0.05, 0.1) is 5.56 Å². The molecule has 0 aliphatic carbocycles. The van der Waals surface area contributed by atoms with Gasteiger partial charge in [-0.3, -0.25) is 0 Å². The monoisotopic (exact) mass is 243 g/mol. The van der Waals surface area contributed by atoms with Crippen LogP contribution in [0.15, 0.2) is 6.07 Å². The Morgan fingerprint density at radius 2 is 1.86 bits per heavy atom. The Balaban J connectivity index is 3.32. The molecule has 1 nitrogen and oxygen atoms in total. The quantitative estimate of drug-likeness (QED) is 0.681. The number of aryl methyl sites for hydroxylation is 1. The Bertz CT molecular complexity index is 349. The number of aromatic nitrogens is 1. The molecule has 0 aromatic carbocycles. The van der Waals surface area contributed by atoms with E-state index in [1.165, 1.54) is 0 Å². The molecule has 0 atom stereocenters. The molecule has 0 aliphatic rings. The van der Waals surface area contributed by atoms with E-state index in [2.05, 4.69) is 4.98 Å². The van der Waals surface area contributed by atoms with Gasteiger partial charge in [0.15, 0.2) is 0 Å². The highest BCUT2D eigenvalue weighted by Crippen LogP contribution is 2.35. The largest absolute Gasteiger partial charge is 0.419 e. The van der Waals surface area contributed by atoms with Crippen LogP contribution in [0.3, 0.4) is 0 Å². The zero-order valence-corrected chi connectivity index (χ0v) is 8.63. The zero-order valence-electron chi connectivity index (χ0n) is 7.12. The van der Waals surface area contributed by atoms with Crippen molar-refractivity contribution in [2.45, 2.75) is 19.5 Å². The molecule has 0 saturated heterocycles. The fourth-order valence-corrected chi connectivity index (χ4v) is 1.52. The van der Waals surface area contributed by atoms with Crippen molar-refractivity contribution in [1.29, 1.82) is 0 Å². The van der Waals surface area contributed by atoms with Crippen LogP contribution in [0.4, 0.5) is 13.2 Å². The van der Waals surface area contributed by atoms with Crippen LogP contribution in [0.5, 0.6) is 0 Å². The van der Waals surface area contributed by atoms with E-state index in [-0.39, 0.29) is 5.15 Å². The topological polar surface area (TPSA) is 12.9 Å². The molecule has 0 amide bonds. The number of hydrogen-bond donors (Lipinski definition) is 0. The molecule has 0 bridgehead atoms. The molecule has 0 radical (unpaired) electrons. The summed E-state index contributed by atoms with van der Waals surface area (Å²) in [5, 5.41) is -0.592. The minimum atomic E-state index is -4.49. The third-order valence-electron chi connectivity index (χ3n) is 1.69. The predicted octanol–water partition coefficient (Wildman–Crippen LogP) is 3.97. The van der Waals surface area contributed by atoms with Crippen LogP contribution in [0, 0.1) is 0 Å². The smallest absolute Gasteiger partial charge is 0.223 e. The summed E-state index contributed by atoms with van der Waals surface area (Å²) in [5.74, 6) is 0. The van der Waals surface area contributed by atoms with Crippen molar-refractivity contribution in [1.82, 2.24) is 4.98 Å². The lowest BCUT2D eigenvalue weighted by Gasteiger charge is -2.10. The Labute approximate surface area is 88.8 Å². The first-order valence-corrected chi connectivity index (χ1v) is 4.54. The summed E-state index contributed by atoms with van der Waals surface area (Å²) in [5.41, 5.74) is -0.608. The van der Waals surface area contributed by atoms with Crippen LogP contribution in [0.25, 0.3) is 0 Å². The molecular formula is C8H6Cl2F3N. The molecule has 1 aromatic heterocycles. The van der Waals surface area contributed by atoms with Crippen LogP contribution >= 0.6 is 23.2 Å². The highest BCUT2D eigenvalue weighted by molar-refractivity contribution is 6.33. The summed E-state index contributed by atoms with van der Waals surface area (Å²) < 4.78 is 37.0. The number of rotatable bonds is 1. The van der Waals surface area contributed by atoms with Crippen LogP contribution in [0.2, 0.25) is 10.3 Å². The molecule has 0 fully saturated rings. The van der Waals surface area contributed by atoms with Crippen molar-refractivity contribution in [3.8, 4) is 0 Å². The molecule has 0 spiro atoms. The lowest BCUT2D eigenvalue weighted by Crippen LogP contribution is -2.08. The second kappa shape index (κ2) is 3.95. The van der Waals surface area contributed by atoms with Crippen LogP contribution in [-0.2, 0) is 12.6 Å². The number of nitrogens with zero attached hydrogens (tertiary/aromatic N) is 1. The van der Waals surface area contributed by atoms with E-state index in [0.29, 0.717) is 12.0 Å². The van der Waals surface area contributed by atoms with Crippen molar-refractivity contribution < 1.29 is 13.2 Å². The predicted molar refractivity (Wildman–Crippen MR) is 48.6 cm³/mol. The van der Waals surface area contributed by atoms with E-state index < -0.39 is 16.9 Å². The Morgan fingerprint density at radius 3 is 2.29 bits per heavy atom. The standard InChI is InChI=1S/C8H6Cl2F3N/c1-2-4-3-5(8(11,12)13)7(10)14-6(4)9/h3H,2H2,1H3. The van der Waals surface area contributed by atoms with E-state index in [4.69, 9.17) is 23.2 Å². The molecule has 6 heteroatoms. The minimum Gasteiger partial charge on any atom is -0.223 e. The van der Waals surface area contributed by atoms with Gasteiger partial charge in [-0.15, -0.1) is 0 Å². The average molecular weight is 244 g/mol. The maximum atomic E-state index is 12.3. The maximum Gasteiger partial charge on any atom is 0.419 e. The van der Waals surface area contributed by atoms with Gasteiger partial charge in [-0.1, -0.05) is 30.1 Å². The second-order valence-electron chi connectivity index (χ2n) is 2.63. The summed E-state index contributed by atoms with van der Waals surface area (Å²) >= 11 is 10.9. The molecule has 0 aliphatic heterocycles. The number of hydrogen-bond acceptors (Lipinski definition) is 1. The summed E-state index contributed by atoms with van der Waals surface area (Å²) in [4.78, 5) is 3.42. The summed E-state index contributed by atoms with van der Waals surface area (Å²) in [7, 11) is 0. The van der Waals surface area contributed by atoms with E-state index in [1.807, 2.05) is 0 Å². The molecule has 0 unspecified atom stereocenters. The normalized spacial score (nSPS) is 11.9. The maximum absolute atomic E-state index is 12.3. The Kier molecular flexibility index (Phi) is 3.27. The molecule has 0 N–H and O–H groups in total. The highest BCUT2D eigenvalue weighted by Gasteiger charge is 2.34. The summed E-state index contributed by atoms with van der Waals surface area (Å²) in [6, 6.07) is 0.928. The molecule has 1 heterocycles. The van der Waals surface area contributed by atoms with Gasteiger partial charge < -0.3 is 0 Å². The first-order chi connectivity index (χ1) is 6.36. The van der Waals surface area contributed by atoms with Crippen molar-refractivity contribution >= 4 is 23.2 Å². The van der Waals surface area contributed by atoms with Crippen molar-refractivity contribution in [3.63, 3.8) is 0 Å². The summed E-state index contributed by atoms with van der Waals surface area (Å²) in [6.07, 6.45) is -4.11. The van der Waals surface area contributed by atoms with Gasteiger partial charge in [0.2, 0.25) is 0 Å². The number of halogens is 5. The molecule has 0 saturated carbocycles. The lowest BCUT2D eigenvalue weighted by molar-refractivity contribution is -0.137. The second-order valence-corrected chi connectivity index (χ2v) is 3.34. The molecule has 1 aromatic rings. The highest BCUT2D eigenvalue weighted by atomic mass is 35.5. The van der Waals surface area contributed by atoms with Gasteiger partial charge in [-0.2, -0.15) is 13.2 Å². The Hall–Kier alpha value is -0.480. The van der Waals surface area contributed by atoms with E-state index >= 15 is 0 Å². The third kappa shape index (κ3) is 2.30. The van der Waals surface area contributed by atoms with E-state index in [0.717, 1.165) is 6.07 Å². The fraction of sp³-hybridized carbons (Fsp3) is 0.375. The van der Waals surface area contributed by atoms with Crippen molar-refractivity contribution in [3.05, 3.63) is 27.5 Å². The van der Waals surface area contributed by atoms with Gasteiger partial charge in [0.1, 0.15) is 10.3 Å². The summed E-state index contributed by atoms with van der Waals surface area (Å²) in [6.45, 7) is 1.69. The van der Waals surface area contributed by atoms with Crippen molar-refractivity contribution in [2.75, 3.05) is 0 Å². The lowest BCUT2D eigenvalue weighted by atomic mass is 10.1. The third-order valence-corrected chi connectivity index (χ3v) is 2.30. The minimum absolute atomic E-state index is 0.0190. The average Bonchev–Trinajstić information content (AvgIpc) is 2.02. The molecule has 14 heavy (non-hydrogen) atoms. The molecular weight excluding hydrogens is 238 g/mol. The van der Waals surface area contributed by atoms with Crippen molar-refractivity contribution in [2.24, 2.45) is 0 Å². The molecule has 1 rings (SSSR count). The first-order valence-electron chi connectivity index (χ1n) is 3.78.